The predicted octanol–water partition coefficient (Wildman–Crippen LogP) is -0.457. The Morgan fingerprint density at radius 2 is 1.50 bits per heavy atom. The molecule has 12 heteroatoms. The van der Waals surface area contributed by atoms with E-state index in [2.05, 4.69) is 0 Å². The van der Waals surface area contributed by atoms with E-state index in [9.17, 15) is 26.9 Å². The normalized spacial score (nSPS) is 12.4. The third-order valence-corrected chi connectivity index (χ3v) is 4.14. The fraction of sp³-hybridized carbons (Fsp3) is 0. The zero-order valence-corrected chi connectivity index (χ0v) is 10.8. The van der Waals surface area contributed by atoms with Gasteiger partial charge in [-0.1, -0.05) is 11.6 Å². The third kappa shape index (κ3) is 2.94. The zero-order chi connectivity index (χ0) is 14.3. The van der Waals surface area contributed by atoms with E-state index in [0.29, 0.717) is 12.1 Å². The molecule has 0 unspecified atom stereocenters. The first-order chi connectivity index (χ1) is 7.94. The largest absolute Gasteiger partial charge is 0.290 e. The van der Waals surface area contributed by atoms with Crippen molar-refractivity contribution in [3.05, 3.63) is 27.3 Å². The van der Waals surface area contributed by atoms with Crippen molar-refractivity contribution < 1.29 is 21.8 Å². The Balaban J connectivity index is 3.84. The lowest BCUT2D eigenvalue weighted by molar-refractivity contribution is -0.387. The molecule has 100 valence electrons. The number of nitrogens with two attached hydrogens (primary N) is 2. The first-order valence-corrected chi connectivity index (χ1v) is 7.45. The maximum atomic E-state index is 11.1. The predicted molar refractivity (Wildman–Crippen MR) is 60.9 cm³/mol. The molecule has 18 heavy (non-hydrogen) atoms. The second kappa shape index (κ2) is 4.44. The number of primary sulfonamides is 2. The molecule has 0 saturated carbocycles. The average molecular weight is 316 g/mol. The van der Waals surface area contributed by atoms with Crippen LogP contribution in [0.15, 0.2) is 21.9 Å². The molecular formula is C6H6ClN3O6S2. The lowest BCUT2D eigenvalue weighted by Crippen LogP contribution is -2.18. The molecular weight excluding hydrogens is 310 g/mol. The fourth-order valence-electron chi connectivity index (χ4n) is 1.11. The molecule has 0 amide bonds. The molecule has 0 aliphatic heterocycles. The molecule has 0 fully saturated rings. The maximum absolute atomic E-state index is 11.1. The van der Waals surface area contributed by atoms with Crippen LogP contribution in [0.3, 0.4) is 0 Å². The lowest BCUT2D eigenvalue weighted by Gasteiger charge is -2.05. The van der Waals surface area contributed by atoms with Crippen molar-refractivity contribution in [3.63, 3.8) is 0 Å². The molecule has 0 aliphatic rings. The molecule has 0 aliphatic carbocycles. The van der Waals surface area contributed by atoms with Crippen LogP contribution in [0.25, 0.3) is 0 Å². The summed E-state index contributed by atoms with van der Waals surface area (Å²) in [6.07, 6.45) is 0. The highest BCUT2D eigenvalue weighted by Gasteiger charge is 2.28. The molecule has 0 heterocycles. The van der Waals surface area contributed by atoms with Crippen molar-refractivity contribution in [2.24, 2.45) is 10.3 Å². The second-order valence-electron chi connectivity index (χ2n) is 3.10. The number of sulfonamides is 2. The van der Waals surface area contributed by atoms with Gasteiger partial charge < -0.3 is 0 Å². The number of rotatable bonds is 3. The molecule has 0 bridgehead atoms. The van der Waals surface area contributed by atoms with Crippen LogP contribution < -0.4 is 10.3 Å². The molecule has 0 spiro atoms. The van der Waals surface area contributed by atoms with Gasteiger partial charge in [0.25, 0.3) is 5.69 Å². The summed E-state index contributed by atoms with van der Waals surface area (Å²) in [6.45, 7) is 0. The molecule has 1 aromatic rings. The monoisotopic (exact) mass is 315 g/mol. The van der Waals surface area contributed by atoms with Gasteiger partial charge in [-0.3, -0.25) is 10.1 Å². The van der Waals surface area contributed by atoms with Crippen LogP contribution >= 0.6 is 11.6 Å². The number of benzene rings is 1. The number of halogens is 1. The van der Waals surface area contributed by atoms with Crippen molar-refractivity contribution in [2.75, 3.05) is 0 Å². The number of nitrogens with zero attached hydrogens (tertiary/aromatic N) is 1. The Morgan fingerprint density at radius 3 is 1.83 bits per heavy atom. The van der Waals surface area contributed by atoms with Crippen LogP contribution in [-0.2, 0) is 20.0 Å². The summed E-state index contributed by atoms with van der Waals surface area (Å²) in [6, 6.07) is 1.01. The summed E-state index contributed by atoms with van der Waals surface area (Å²) in [5.74, 6) is 0. The highest BCUT2D eigenvalue weighted by atomic mass is 35.5. The summed E-state index contributed by atoms with van der Waals surface area (Å²) >= 11 is 5.48. The van der Waals surface area contributed by atoms with Crippen LogP contribution in [0, 0.1) is 10.1 Å². The van der Waals surface area contributed by atoms with Gasteiger partial charge in [0.2, 0.25) is 20.0 Å². The zero-order valence-electron chi connectivity index (χ0n) is 8.40. The molecule has 0 atom stereocenters. The first kappa shape index (κ1) is 14.8. The van der Waals surface area contributed by atoms with E-state index in [-0.39, 0.29) is 0 Å². The number of nitro groups is 1. The topological polar surface area (TPSA) is 163 Å². The van der Waals surface area contributed by atoms with Crippen molar-refractivity contribution in [2.45, 2.75) is 9.79 Å². The van der Waals surface area contributed by atoms with E-state index in [1.165, 1.54) is 0 Å². The van der Waals surface area contributed by atoms with Gasteiger partial charge in [-0.05, 0) is 6.07 Å². The highest BCUT2D eigenvalue weighted by Crippen LogP contribution is 2.31. The van der Waals surface area contributed by atoms with Crippen LogP contribution in [0.4, 0.5) is 5.69 Å². The molecule has 1 aromatic carbocycles. The van der Waals surface area contributed by atoms with Crippen LogP contribution in [0.1, 0.15) is 0 Å². The van der Waals surface area contributed by atoms with Gasteiger partial charge in [0, 0.05) is 6.07 Å². The minimum absolute atomic E-state index is 0.450. The van der Waals surface area contributed by atoms with E-state index in [1.54, 1.807) is 0 Å². The average Bonchev–Trinajstić information content (AvgIpc) is 2.12. The molecule has 1 rings (SSSR count). The Morgan fingerprint density at radius 1 is 1.06 bits per heavy atom. The minimum Gasteiger partial charge on any atom is -0.258 e. The molecule has 0 saturated heterocycles. The number of nitro benzene ring substituents is 1. The van der Waals surface area contributed by atoms with Crippen molar-refractivity contribution >= 4 is 37.3 Å². The van der Waals surface area contributed by atoms with Gasteiger partial charge in [-0.25, -0.2) is 27.1 Å². The Hall–Kier alpha value is -1.27. The summed E-state index contributed by atoms with van der Waals surface area (Å²) < 4.78 is 44.5. The van der Waals surface area contributed by atoms with Crippen molar-refractivity contribution in [1.29, 1.82) is 0 Å². The summed E-state index contributed by atoms with van der Waals surface area (Å²) in [5, 5.41) is 19.6. The molecule has 0 aromatic heterocycles. The van der Waals surface area contributed by atoms with E-state index in [0.717, 1.165) is 0 Å². The second-order valence-corrected chi connectivity index (χ2v) is 6.56. The quantitative estimate of drug-likeness (QED) is 0.566. The van der Waals surface area contributed by atoms with Gasteiger partial charge in [-0.2, -0.15) is 0 Å². The van der Waals surface area contributed by atoms with Gasteiger partial charge in [0.1, 0.15) is 4.90 Å². The van der Waals surface area contributed by atoms with Crippen LogP contribution in [-0.4, -0.2) is 21.8 Å². The Labute approximate surface area is 107 Å². The molecule has 4 N–H and O–H groups in total. The fourth-order valence-corrected chi connectivity index (χ4v) is 2.99. The summed E-state index contributed by atoms with van der Waals surface area (Å²) in [7, 11) is -8.83. The van der Waals surface area contributed by atoms with E-state index in [4.69, 9.17) is 21.9 Å². The number of hydrogen-bond acceptors (Lipinski definition) is 6. The van der Waals surface area contributed by atoms with Gasteiger partial charge in [-0.15, -0.1) is 0 Å². The van der Waals surface area contributed by atoms with Crippen LogP contribution in [0.5, 0.6) is 0 Å². The van der Waals surface area contributed by atoms with Gasteiger partial charge >= 0.3 is 0 Å². The molecule has 9 nitrogen and oxygen atoms in total. The van der Waals surface area contributed by atoms with Crippen LogP contribution in [0.2, 0.25) is 5.02 Å². The SMILES string of the molecule is NS(=O)(=O)c1cc(S(N)(=O)=O)c([N+](=O)[O-])cc1Cl. The van der Waals surface area contributed by atoms with E-state index >= 15 is 0 Å². The summed E-state index contributed by atoms with van der Waals surface area (Å²) in [5.41, 5.74) is -0.935. The smallest absolute Gasteiger partial charge is 0.258 e. The minimum atomic E-state index is -4.50. The maximum Gasteiger partial charge on any atom is 0.290 e. The first-order valence-electron chi connectivity index (χ1n) is 3.98. The van der Waals surface area contributed by atoms with Gasteiger partial charge in [0.15, 0.2) is 4.90 Å². The van der Waals surface area contributed by atoms with Crippen molar-refractivity contribution in [1.82, 2.24) is 0 Å². The lowest BCUT2D eigenvalue weighted by atomic mass is 10.3. The number of hydrogen-bond donors (Lipinski definition) is 2. The standard InChI is InChI=1S/C6H6ClN3O6S2/c7-3-1-4(10(11)12)6(18(9,15)16)2-5(3)17(8,13)14/h1-2H,(H2,8,13,14)(H2,9,15,16). The molecule has 0 radical (unpaired) electrons. The Kier molecular flexibility index (Phi) is 3.65. The Bertz CT molecular complexity index is 726. The van der Waals surface area contributed by atoms with E-state index in [1.807, 2.05) is 0 Å². The van der Waals surface area contributed by atoms with E-state index < -0.39 is 45.5 Å². The third-order valence-electron chi connectivity index (χ3n) is 1.82. The van der Waals surface area contributed by atoms with Gasteiger partial charge in [0.05, 0.1) is 9.95 Å². The summed E-state index contributed by atoms with van der Waals surface area (Å²) in [4.78, 5) is 7.82. The highest BCUT2D eigenvalue weighted by molar-refractivity contribution is 7.90. The van der Waals surface area contributed by atoms with Crippen molar-refractivity contribution in [3.8, 4) is 0 Å².